The van der Waals surface area contributed by atoms with Gasteiger partial charge in [-0.2, -0.15) is 0 Å². The van der Waals surface area contributed by atoms with Crippen LogP contribution in [0.5, 0.6) is 5.75 Å². The molecule has 3 heterocycles. The number of fused-ring (bicyclic) bond motifs is 1. The predicted molar refractivity (Wildman–Crippen MR) is 143 cm³/mol. The molecule has 1 amide bonds. The van der Waals surface area contributed by atoms with Gasteiger partial charge in [0.1, 0.15) is 21.5 Å². The molecule has 182 valence electrons. The van der Waals surface area contributed by atoms with Crippen molar-refractivity contribution in [3.8, 4) is 5.75 Å². The number of thiocarbonyl (C=S) groups is 1. The fraction of sp³-hybridized carbons (Fsp3) is 0.280. The molecule has 0 unspecified atom stereocenters. The molecule has 0 atom stereocenters. The normalized spacial score (nSPS) is 14.8. The monoisotopic (exact) mass is 510 g/mol. The van der Waals surface area contributed by atoms with Crippen LogP contribution in [0.25, 0.3) is 11.7 Å². The van der Waals surface area contributed by atoms with E-state index in [0.717, 1.165) is 17.7 Å². The van der Waals surface area contributed by atoms with E-state index in [-0.39, 0.29) is 11.5 Å². The topological polar surface area (TPSA) is 85.2 Å². The van der Waals surface area contributed by atoms with Gasteiger partial charge in [-0.25, -0.2) is 4.98 Å². The molecule has 1 fully saturated rings. The number of benzene rings is 1. The van der Waals surface area contributed by atoms with Crippen LogP contribution in [0.15, 0.2) is 58.4 Å². The molecule has 2 aromatic heterocycles. The second kappa shape index (κ2) is 11.5. The van der Waals surface area contributed by atoms with E-state index in [1.165, 1.54) is 21.1 Å². The van der Waals surface area contributed by atoms with Crippen molar-refractivity contribution in [2.75, 3.05) is 32.2 Å². The first kappa shape index (κ1) is 24.9. The lowest BCUT2D eigenvalue weighted by Crippen LogP contribution is -2.27. The van der Waals surface area contributed by atoms with Crippen molar-refractivity contribution >= 4 is 51.7 Å². The molecule has 1 aliphatic heterocycles. The lowest BCUT2D eigenvalue weighted by molar-refractivity contribution is -0.122. The van der Waals surface area contributed by atoms with Crippen molar-refractivity contribution < 1.29 is 14.3 Å². The van der Waals surface area contributed by atoms with Gasteiger partial charge in [-0.15, -0.1) is 0 Å². The highest BCUT2D eigenvalue weighted by molar-refractivity contribution is 8.26. The first-order valence-corrected chi connectivity index (χ1v) is 12.5. The molecule has 0 bridgehead atoms. The summed E-state index contributed by atoms with van der Waals surface area (Å²) >= 11 is 6.67. The van der Waals surface area contributed by atoms with Gasteiger partial charge in [0.25, 0.3) is 11.5 Å². The number of methoxy groups -OCH3 is 1. The fourth-order valence-electron chi connectivity index (χ4n) is 3.57. The van der Waals surface area contributed by atoms with E-state index in [0.29, 0.717) is 52.6 Å². The number of hydrogen-bond donors (Lipinski definition) is 1. The van der Waals surface area contributed by atoms with E-state index >= 15 is 0 Å². The summed E-state index contributed by atoms with van der Waals surface area (Å²) in [6.07, 6.45) is 4.01. The van der Waals surface area contributed by atoms with Gasteiger partial charge in [0.05, 0.1) is 24.1 Å². The lowest BCUT2D eigenvalue weighted by Gasteiger charge is -2.14. The third-order valence-electron chi connectivity index (χ3n) is 5.38. The molecule has 1 saturated heterocycles. The van der Waals surface area contributed by atoms with Crippen LogP contribution in [0.4, 0.5) is 5.82 Å². The molecule has 1 N–H and O–H groups in total. The second-order valence-corrected chi connectivity index (χ2v) is 9.38. The van der Waals surface area contributed by atoms with Crippen molar-refractivity contribution in [2.24, 2.45) is 0 Å². The van der Waals surface area contributed by atoms with Crippen LogP contribution in [0, 0.1) is 0 Å². The molecule has 0 spiro atoms. The van der Waals surface area contributed by atoms with Crippen molar-refractivity contribution in [2.45, 2.75) is 19.9 Å². The van der Waals surface area contributed by atoms with Crippen LogP contribution in [-0.4, -0.2) is 51.4 Å². The first-order chi connectivity index (χ1) is 17.0. The first-order valence-electron chi connectivity index (χ1n) is 11.2. The number of ether oxygens (including phenoxy) is 2. The number of pyridine rings is 1. The minimum Gasteiger partial charge on any atom is -0.497 e. The molecule has 8 nitrogen and oxygen atoms in total. The average molecular weight is 511 g/mol. The molecular formula is C25H26N4O4S2. The summed E-state index contributed by atoms with van der Waals surface area (Å²) < 4.78 is 12.5. The summed E-state index contributed by atoms with van der Waals surface area (Å²) in [4.78, 5) is 33.1. The maximum Gasteiger partial charge on any atom is 0.267 e. The molecular weight excluding hydrogens is 484 g/mol. The van der Waals surface area contributed by atoms with Gasteiger partial charge in [0.2, 0.25) is 0 Å². The number of nitrogens with zero attached hydrogens (tertiary/aromatic N) is 3. The van der Waals surface area contributed by atoms with Gasteiger partial charge in [-0.1, -0.05) is 42.2 Å². The summed E-state index contributed by atoms with van der Waals surface area (Å²) in [7, 11) is 1.61. The predicted octanol–water partition coefficient (Wildman–Crippen LogP) is 3.94. The Morgan fingerprint density at radius 1 is 1.17 bits per heavy atom. The van der Waals surface area contributed by atoms with Gasteiger partial charge in [0.15, 0.2) is 0 Å². The molecule has 0 aliphatic carbocycles. The standard InChI is InChI=1S/C25H26N4O4S2/c1-3-33-14-6-12-26-22-19(23(30)28-13-5-4-7-21(28)27-22)15-20-24(31)29(25(34)35-20)16-17-8-10-18(32-2)11-9-17/h4-5,7-11,13,15,26H,3,6,12,14,16H2,1-2H3/b20-15-. The van der Waals surface area contributed by atoms with Gasteiger partial charge in [-0.3, -0.25) is 18.9 Å². The molecule has 35 heavy (non-hydrogen) atoms. The summed E-state index contributed by atoms with van der Waals surface area (Å²) in [6.45, 7) is 4.12. The van der Waals surface area contributed by atoms with Gasteiger partial charge in [0, 0.05) is 26.0 Å². The van der Waals surface area contributed by atoms with E-state index in [4.69, 9.17) is 21.7 Å². The van der Waals surface area contributed by atoms with Crippen molar-refractivity contribution in [1.82, 2.24) is 14.3 Å². The quantitative estimate of drug-likeness (QED) is 0.249. The number of amides is 1. The van der Waals surface area contributed by atoms with Crippen molar-refractivity contribution in [3.05, 3.63) is 75.0 Å². The third kappa shape index (κ3) is 5.72. The zero-order valence-electron chi connectivity index (χ0n) is 19.5. The molecule has 1 aromatic carbocycles. The Balaban J connectivity index is 1.62. The summed E-state index contributed by atoms with van der Waals surface area (Å²) in [5.41, 5.74) is 1.50. The molecule has 1 aliphatic rings. The van der Waals surface area contributed by atoms with E-state index in [9.17, 15) is 9.59 Å². The smallest absolute Gasteiger partial charge is 0.267 e. The Labute approximate surface area is 212 Å². The molecule has 4 rings (SSSR count). The van der Waals surface area contributed by atoms with Crippen molar-refractivity contribution in [3.63, 3.8) is 0 Å². The number of nitrogens with one attached hydrogen (secondary N) is 1. The van der Waals surface area contributed by atoms with Crippen LogP contribution in [0.3, 0.4) is 0 Å². The minimum atomic E-state index is -0.261. The van der Waals surface area contributed by atoms with E-state index in [1.807, 2.05) is 37.3 Å². The van der Waals surface area contributed by atoms with Gasteiger partial charge < -0.3 is 14.8 Å². The maximum absolute atomic E-state index is 13.3. The number of aromatic nitrogens is 2. The Hall–Kier alpha value is -3.21. The van der Waals surface area contributed by atoms with Crippen LogP contribution >= 0.6 is 24.0 Å². The zero-order chi connectivity index (χ0) is 24.8. The number of thioether (sulfide) groups is 1. The largest absolute Gasteiger partial charge is 0.497 e. The Morgan fingerprint density at radius 3 is 2.71 bits per heavy atom. The fourth-order valence-corrected chi connectivity index (χ4v) is 4.81. The van der Waals surface area contributed by atoms with Gasteiger partial charge >= 0.3 is 0 Å². The molecule has 0 radical (unpaired) electrons. The number of carbonyl (C=O) groups excluding carboxylic acids is 1. The maximum atomic E-state index is 13.3. The molecule has 3 aromatic rings. The minimum absolute atomic E-state index is 0.240. The molecule has 10 heteroatoms. The van der Waals surface area contributed by atoms with Crippen LogP contribution in [-0.2, 0) is 16.1 Å². The highest BCUT2D eigenvalue weighted by Gasteiger charge is 2.32. The van der Waals surface area contributed by atoms with Crippen LogP contribution in [0.1, 0.15) is 24.5 Å². The third-order valence-corrected chi connectivity index (χ3v) is 6.76. The summed E-state index contributed by atoms with van der Waals surface area (Å²) in [5, 5.41) is 3.24. The van der Waals surface area contributed by atoms with Gasteiger partial charge in [-0.05, 0) is 49.2 Å². The number of rotatable bonds is 10. The Bertz CT molecular complexity index is 1320. The highest BCUT2D eigenvalue weighted by Crippen LogP contribution is 2.34. The lowest BCUT2D eigenvalue weighted by atomic mass is 10.2. The second-order valence-electron chi connectivity index (χ2n) is 7.70. The molecule has 0 saturated carbocycles. The zero-order valence-corrected chi connectivity index (χ0v) is 21.2. The number of hydrogen-bond acceptors (Lipinski definition) is 8. The van der Waals surface area contributed by atoms with E-state index < -0.39 is 0 Å². The summed E-state index contributed by atoms with van der Waals surface area (Å²) in [6, 6.07) is 12.8. The van der Waals surface area contributed by atoms with Crippen molar-refractivity contribution in [1.29, 1.82) is 0 Å². The van der Waals surface area contributed by atoms with E-state index in [2.05, 4.69) is 10.3 Å². The average Bonchev–Trinajstić information content (AvgIpc) is 3.13. The Morgan fingerprint density at radius 2 is 1.97 bits per heavy atom. The van der Waals surface area contributed by atoms with Crippen LogP contribution in [0.2, 0.25) is 0 Å². The Kier molecular flexibility index (Phi) is 8.17. The number of carbonyl (C=O) groups is 1. The number of anilines is 1. The highest BCUT2D eigenvalue weighted by atomic mass is 32.2. The summed E-state index contributed by atoms with van der Waals surface area (Å²) in [5.74, 6) is 0.929. The van der Waals surface area contributed by atoms with E-state index in [1.54, 1.807) is 31.5 Å². The SMILES string of the molecule is CCOCCCNc1nc2ccccn2c(=O)c1/C=C1\SC(=S)N(Cc2ccc(OC)cc2)C1=O. The van der Waals surface area contributed by atoms with Crippen LogP contribution < -0.4 is 15.6 Å².